The molecule has 0 spiro atoms. The second kappa shape index (κ2) is 6.21. The van der Waals surface area contributed by atoms with Crippen LogP contribution in [0.2, 0.25) is 0 Å². The summed E-state index contributed by atoms with van der Waals surface area (Å²) in [5.41, 5.74) is 1.25. The Morgan fingerprint density at radius 3 is 3.00 bits per heavy atom. The van der Waals surface area contributed by atoms with Crippen LogP contribution in [0.25, 0.3) is 0 Å². The monoisotopic (exact) mass is 249 g/mol. The SMILES string of the molecule is CC(C)Oc1cccc(CN2CCC[C@H](O)C2)c1. The van der Waals surface area contributed by atoms with Gasteiger partial charge in [0.15, 0.2) is 0 Å². The largest absolute Gasteiger partial charge is 0.491 e. The number of ether oxygens (including phenoxy) is 1. The Kier molecular flexibility index (Phi) is 4.61. The summed E-state index contributed by atoms with van der Waals surface area (Å²) in [4.78, 5) is 2.31. The van der Waals surface area contributed by atoms with Gasteiger partial charge in [-0.15, -0.1) is 0 Å². The van der Waals surface area contributed by atoms with Crippen molar-refractivity contribution >= 4 is 0 Å². The number of β-amino-alcohol motifs (C(OH)–C–C–N with tert-alkyl or cyclic N) is 1. The average Bonchev–Trinajstić information content (AvgIpc) is 2.28. The van der Waals surface area contributed by atoms with Crippen LogP contribution in [0.1, 0.15) is 32.3 Å². The smallest absolute Gasteiger partial charge is 0.120 e. The number of aliphatic hydroxyl groups excluding tert-OH is 1. The minimum Gasteiger partial charge on any atom is -0.491 e. The molecule has 0 radical (unpaired) electrons. The van der Waals surface area contributed by atoms with Crippen LogP contribution in [-0.2, 0) is 6.54 Å². The lowest BCUT2D eigenvalue weighted by atomic mass is 10.1. The molecule has 1 N–H and O–H groups in total. The molecule has 0 saturated carbocycles. The summed E-state index contributed by atoms with van der Waals surface area (Å²) >= 11 is 0. The summed E-state index contributed by atoms with van der Waals surface area (Å²) in [6.45, 7) is 6.83. The van der Waals surface area contributed by atoms with Crippen LogP contribution < -0.4 is 4.74 Å². The fraction of sp³-hybridized carbons (Fsp3) is 0.600. The molecule has 3 nitrogen and oxygen atoms in total. The summed E-state index contributed by atoms with van der Waals surface area (Å²) in [6.07, 6.45) is 2.07. The van der Waals surface area contributed by atoms with E-state index in [4.69, 9.17) is 4.74 Å². The van der Waals surface area contributed by atoms with Gasteiger partial charge in [-0.25, -0.2) is 0 Å². The number of hydrogen-bond donors (Lipinski definition) is 1. The molecule has 1 saturated heterocycles. The van der Waals surface area contributed by atoms with Crippen LogP contribution in [0.4, 0.5) is 0 Å². The number of nitrogens with zero attached hydrogens (tertiary/aromatic N) is 1. The number of hydrogen-bond acceptors (Lipinski definition) is 3. The first-order valence-electron chi connectivity index (χ1n) is 6.79. The number of rotatable bonds is 4. The molecule has 0 amide bonds. The van der Waals surface area contributed by atoms with Gasteiger partial charge >= 0.3 is 0 Å². The van der Waals surface area contributed by atoms with Crippen LogP contribution in [0.5, 0.6) is 5.75 Å². The van der Waals surface area contributed by atoms with E-state index in [0.29, 0.717) is 0 Å². The molecule has 0 unspecified atom stereocenters. The van der Waals surface area contributed by atoms with Crippen molar-refractivity contribution in [1.29, 1.82) is 0 Å². The Balaban J connectivity index is 1.96. The van der Waals surface area contributed by atoms with E-state index in [1.807, 2.05) is 26.0 Å². The van der Waals surface area contributed by atoms with Gasteiger partial charge in [-0.05, 0) is 50.9 Å². The molecular formula is C15H23NO2. The van der Waals surface area contributed by atoms with E-state index in [1.54, 1.807) is 0 Å². The predicted octanol–water partition coefficient (Wildman–Crippen LogP) is 2.43. The quantitative estimate of drug-likeness (QED) is 0.889. The zero-order valence-electron chi connectivity index (χ0n) is 11.3. The van der Waals surface area contributed by atoms with E-state index in [0.717, 1.165) is 38.2 Å². The van der Waals surface area contributed by atoms with Gasteiger partial charge in [0.05, 0.1) is 12.2 Å². The Morgan fingerprint density at radius 2 is 2.28 bits per heavy atom. The zero-order valence-corrected chi connectivity index (χ0v) is 11.3. The second-order valence-electron chi connectivity index (χ2n) is 5.35. The Morgan fingerprint density at radius 1 is 1.44 bits per heavy atom. The van der Waals surface area contributed by atoms with Crippen molar-refractivity contribution in [1.82, 2.24) is 4.90 Å². The van der Waals surface area contributed by atoms with Gasteiger partial charge in [0.1, 0.15) is 5.75 Å². The molecule has 1 aromatic carbocycles. The van der Waals surface area contributed by atoms with Crippen molar-refractivity contribution in [2.75, 3.05) is 13.1 Å². The van der Waals surface area contributed by atoms with Crippen molar-refractivity contribution < 1.29 is 9.84 Å². The van der Waals surface area contributed by atoms with E-state index in [2.05, 4.69) is 17.0 Å². The first-order valence-corrected chi connectivity index (χ1v) is 6.79. The highest BCUT2D eigenvalue weighted by Crippen LogP contribution is 2.18. The van der Waals surface area contributed by atoms with Crippen LogP contribution in [0, 0.1) is 0 Å². The van der Waals surface area contributed by atoms with Gasteiger partial charge in [-0.1, -0.05) is 12.1 Å². The van der Waals surface area contributed by atoms with Crippen LogP contribution in [-0.4, -0.2) is 35.3 Å². The topological polar surface area (TPSA) is 32.7 Å². The van der Waals surface area contributed by atoms with Crippen molar-refractivity contribution in [3.8, 4) is 5.75 Å². The minimum atomic E-state index is -0.158. The lowest BCUT2D eigenvalue weighted by Crippen LogP contribution is -2.37. The second-order valence-corrected chi connectivity index (χ2v) is 5.35. The van der Waals surface area contributed by atoms with Crippen molar-refractivity contribution in [2.24, 2.45) is 0 Å². The molecule has 1 heterocycles. The highest BCUT2D eigenvalue weighted by molar-refractivity contribution is 5.28. The predicted molar refractivity (Wildman–Crippen MR) is 72.7 cm³/mol. The molecule has 1 aromatic rings. The maximum atomic E-state index is 9.66. The van der Waals surface area contributed by atoms with E-state index >= 15 is 0 Å². The van der Waals surface area contributed by atoms with Crippen molar-refractivity contribution in [3.63, 3.8) is 0 Å². The summed E-state index contributed by atoms with van der Waals surface area (Å²) in [7, 11) is 0. The summed E-state index contributed by atoms with van der Waals surface area (Å²) in [5.74, 6) is 0.931. The first-order chi connectivity index (χ1) is 8.63. The lowest BCUT2D eigenvalue weighted by Gasteiger charge is -2.30. The number of aliphatic hydroxyl groups is 1. The highest BCUT2D eigenvalue weighted by atomic mass is 16.5. The maximum Gasteiger partial charge on any atom is 0.120 e. The lowest BCUT2D eigenvalue weighted by molar-refractivity contribution is 0.0668. The molecule has 0 bridgehead atoms. The fourth-order valence-corrected chi connectivity index (χ4v) is 2.42. The van der Waals surface area contributed by atoms with Gasteiger partial charge in [-0.2, -0.15) is 0 Å². The number of benzene rings is 1. The van der Waals surface area contributed by atoms with E-state index in [1.165, 1.54) is 5.56 Å². The van der Waals surface area contributed by atoms with Crippen LogP contribution in [0.15, 0.2) is 24.3 Å². The van der Waals surface area contributed by atoms with Crippen molar-refractivity contribution in [2.45, 2.75) is 45.4 Å². The first kappa shape index (κ1) is 13.4. The molecule has 18 heavy (non-hydrogen) atoms. The molecule has 0 aliphatic carbocycles. The molecule has 1 atom stereocenters. The average molecular weight is 249 g/mol. The van der Waals surface area contributed by atoms with E-state index < -0.39 is 0 Å². The fourth-order valence-electron chi connectivity index (χ4n) is 2.42. The molecule has 1 aliphatic heterocycles. The van der Waals surface area contributed by atoms with Crippen LogP contribution >= 0.6 is 0 Å². The Hall–Kier alpha value is -1.06. The molecule has 1 fully saturated rings. The number of piperidine rings is 1. The third-order valence-corrected chi connectivity index (χ3v) is 3.16. The van der Waals surface area contributed by atoms with Crippen molar-refractivity contribution in [3.05, 3.63) is 29.8 Å². The standard InChI is InChI=1S/C15H23NO2/c1-12(2)18-15-7-3-5-13(9-15)10-16-8-4-6-14(17)11-16/h3,5,7,9,12,14,17H,4,6,8,10-11H2,1-2H3/t14-/m0/s1. The summed E-state index contributed by atoms with van der Waals surface area (Å²) in [5, 5.41) is 9.66. The molecule has 2 rings (SSSR count). The van der Waals surface area contributed by atoms with E-state index in [-0.39, 0.29) is 12.2 Å². The molecular weight excluding hydrogens is 226 g/mol. The van der Waals surface area contributed by atoms with Crippen LogP contribution in [0.3, 0.4) is 0 Å². The minimum absolute atomic E-state index is 0.158. The van der Waals surface area contributed by atoms with Gasteiger partial charge in [0, 0.05) is 13.1 Å². The Labute approximate surface area is 109 Å². The molecule has 1 aliphatic rings. The van der Waals surface area contributed by atoms with Gasteiger partial charge in [0.25, 0.3) is 0 Å². The Bertz CT molecular complexity index is 379. The molecule has 0 aromatic heterocycles. The zero-order chi connectivity index (χ0) is 13.0. The third kappa shape index (κ3) is 4.00. The number of likely N-dealkylation sites (tertiary alicyclic amines) is 1. The molecule has 100 valence electrons. The molecule has 3 heteroatoms. The normalized spacial score (nSPS) is 21.2. The van der Waals surface area contributed by atoms with Gasteiger partial charge in [0.2, 0.25) is 0 Å². The van der Waals surface area contributed by atoms with E-state index in [9.17, 15) is 5.11 Å². The summed E-state index contributed by atoms with van der Waals surface area (Å²) in [6, 6.07) is 8.25. The highest BCUT2D eigenvalue weighted by Gasteiger charge is 2.17. The van der Waals surface area contributed by atoms with Gasteiger partial charge in [-0.3, -0.25) is 4.90 Å². The maximum absolute atomic E-state index is 9.66. The van der Waals surface area contributed by atoms with Gasteiger partial charge < -0.3 is 9.84 Å². The summed E-state index contributed by atoms with van der Waals surface area (Å²) < 4.78 is 5.70. The third-order valence-electron chi connectivity index (χ3n) is 3.16.